The number of benzene rings is 1. The molecule has 1 aromatic carbocycles. The number of hydrogen-bond donors (Lipinski definition) is 2. The average molecular weight is 258 g/mol. The first kappa shape index (κ1) is 13.6. The molecule has 1 aliphatic rings. The molecule has 4 heteroatoms. The van der Waals surface area contributed by atoms with Crippen molar-refractivity contribution in [2.75, 3.05) is 18.5 Å². The maximum Gasteiger partial charge on any atom is 0.229 e. The maximum absolute atomic E-state index is 12.0. The molecular formula is C15H18N2O2. The summed E-state index contributed by atoms with van der Waals surface area (Å²) in [4.78, 5) is 12.0. The molecule has 0 bridgehead atoms. The van der Waals surface area contributed by atoms with E-state index in [1.165, 1.54) is 0 Å². The van der Waals surface area contributed by atoms with Crippen molar-refractivity contribution in [1.29, 1.82) is 0 Å². The normalized spacial score (nSPS) is 21.6. The smallest absolute Gasteiger partial charge is 0.229 e. The second-order valence-corrected chi connectivity index (χ2v) is 4.65. The summed E-state index contributed by atoms with van der Waals surface area (Å²) in [6.45, 7) is 2.84. The highest BCUT2D eigenvalue weighted by molar-refractivity contribution is 5.92. The summed E-state index contributed by atoms with van der Waals surface area (Å²) in [5, 5.41) is 2.90. The van der Waals surface area contributed by atoms with Crippen molar-refractivity contribution in [3.8, 4) is 11.8 Å². The van der Waals surface area contributed by atoms with Crippen molar-refractivity contribution in [3.63, 3.8) is 0 Å². The van der Waals surface area contributed by atoms with E-state index in [1.807, 2.05) is 31.2 Å². The minimum absolute atomic E-state index is 0.0187. The Hall–Kier alpha value is -1.83. The molecule has 0 spiro atoms. The van der Waals surface area contributed by atoms with Crippen molar-refractivity contribution in [2.45, 2.75) is 19.4 Å². The fourth-order valence-electron chi connectivity index (χ4n) is 2.03. The van der Waals surface area contributed by atoms with Gasteiger partial charge >= 0.3 is 0 Å². The predicted molar refractivity (Wildman–Crippen MR) is 74.5 cm³/mol. The van der Waals surface area contributed by atoms with Crippen LogP contribution in [0.1, 0.15) is 18.9 Å². The van der Waals surface area contributed by atoms with Crippen LogP contribution in [-0.4, -0.2) is 25.2 Å². The van der Waals surface area contributed by atoms with Gasteiger partial charge in [0.05, 0.1) is 25.2 Å². The van der Waals surface area contributed by atoms with E-state index < -0.39 is 0 Å². The fraction of sp³-hybridized carbons (Fsp3) is 0.400. The predicted octanol–water partition coefficient (Wildman–Crippen LogP) is 1.36. The van der Waals surface area contributed by atoms with Crippen LogP contribution in [0.5, 0.6) is 0 Å². The zero-order valence-electron chi connectivity index (χ0n) is 11.0. The third-order valence-corrected chi connectivity index (χ3v) is 3.06. The van der Waals surface area contributed by atoms with Crippen LogP contribution in [0.15, 0.2) is 24.3 Å². The third-order valence-electron chi connectivity index (χ3n) is 3.06. The standard InChI is InChI=1S/C15H18N2O2/c1-11-9-13(10-19-11)15(18)17-14-6-4-12(5-7-14)3-2-8-16/h4-7,11,13H,8-10,16H2,1H3,(H,17,18). The highest BCUT2D eigenvalue weighted by Gasteiger charge is 2.28. The summed E-state index contributed by atoms with van der Waals surface area (Å²) in [6.07, 6.45) is 0.955. The molecule has 4 nitrogen and oxygen atoms in total. The van der Waals surface area contributed by atoms with Crippen molar-refractivity contribution >= 4 is 11.6 Å². The maximum atomic E-state index is 12.0. The SMILES string of the molecule is CC1CC(C(=O)Nc2ccc(C#CCN)cc2)CO1. The average Bonchev–Trinajstić information content (AvgIpc) is 2.85. The van der Waals surface area contributed by atoms with Gasteiger partial charge in [0.1, 0.15) is 0 Å². The Labute approximate surface area is 113 Å². The quantitative estimate of drug-likeness (QED) is 0.787. The van der Waals surface area contributed by atoms with E-state index in [4.69, 9.17) is 10.5 Å². The van der Waals surface area contributed by atoms with Gasteiger partial charge in [-0.25, -0.2) is 0 Å². The second kappa shape index (κ2) is 6.37. The summed E-state index contributed by atoms with van der Waals surface area (Å²) >= 11 is 0. The summed E-state index contributed by atoms with van der Waals surface area (Å²) in [7, 11) is 0. The number of hydrogen-bond acceptors (Lipinski definition) is 3. The number of rotatable bonds is 2. The molecule has 0 saturated carbocycles. The van der Waals surface area contributed by atoms with Gasteiger partial charge in [-0.3, -0.25) is 4.79 Å². The molecule has 2 rings (SSSR count). The Morgan fingerprint density at radius 3 is 2.79 bits per heavy atom. The molecule has 19 heavy (non-hydrogen) atoms. The van der Waals surface area contributed by atoms with Crippen LogP contribution < -0.4 is 11.1 Å². The zero-order chi connectivity index (χ0) is 13.7. The van der Waals surface area contributed by atoms with E-state index in [0.717, 1.165) is 17.7 Å². The second-order valence-electron chi connectivity index (χ2n) is 4.65. The van der Waals surface area contributed by atoms with Gasteiger partial charge in [0.2, 0.25) is 5.91 Å². The van der Waals surface area contributed by atoms with Gasteiger partial charge in [0.25, 0.3) is 0 Å². The molecule has 0 radical (unpaired) electrons. The summed E-state index contributed by atoms with van der Waals surface area (Å²) in [6, 6.07) is 7.42. The molecule has 1 fully saturated rings. The van der Waals surface area contributed by atoms with Gasteiger partial charge in [-0.1, -0.05) is 11.8 Å². The van der Waals surface area contributed by atoms with E-state index in [0.29, 0.717) is 13.2 Å². The van der Waals surface area contributed by atoms with Crippen molar-refractivity contribution in [1.82, 2.24) is 0 Å². The summed E-state index contributed by atoms with van der Waals surface area (Å²) in [5.74, 6) is 5.70. The number of nitrogens with two attached hydrogens (primary N) is 1. The number of carbonyl (C=O) groups excluding carboxylic acids is 1. The van der Waals surface area contributed by atoms with Crippen LogP contribution >= 0.6 is 0 Å². The minimum atomic E-state index is -0.0493. The number of nitrogens with one attached hydrogen (secondary N) is 1. The largest absolute Gasteiger partial charge is 0.378 e. The molecular weight excluding hydrogens is 240 g/mol. The first-order valence-corrected chi connectivity index (χ1v) is 6.40. The van der Waals surface area contributed by atoms with Crippen LogP contribution in [0, 0.1) is 17.8 Å². The molecule has 100 valence electrons. The van der Waals surface area contributed by atoms with Crippen LogP contribution in [0.2, 0.25) is 0 Å². The van der Waals surface area contributed by atoms with Crippen LogP contribution in [0.4, 0.5) is 5.69 Å². The molecule has 1 amide bonds. The molecule has 0 aromatic heterocycles. The number of anilines is 1. The van der Waals surface area contributed by atoms with Gasteiger partial charge in [-0.15, -0.1) is 0 Å². The monoisotopic (exact) mass is 258 g/mol. The Kier molecular flexibility index (Phi) is 4.56. The summed E-state index contributed by atoms with van der Waals surface area (Å²) in [5.41, 5.74) is 6.98. The molecule has 1 aromatic rings. The van der Waals surface area contributed by atoms with E-state index >= 15 is 0 Å². The Balaban J connectivity index is 1.94. The Morgan fingerprint density at radius 1 is 1.47 bits per heavy atom. The molecule has 2 atom stereocenters. The Morgan fingerprint density at radius 2 is 2.21 bits per heavy atom. The van der Waals surface area contributed by atoms with Gasteiger partial charge in [0, 0.05) is 11.3 Å². The molecule has 1 heterocycles. The Bertz CT molecular complexity index is 499. The van der Waals surface area contributed by atoms with Crippen molar-refractivity contribution in [2.24, 2.45) is 11.7 Å². The van der Waals surface area contributed by atoms with E-state index in [1.54, 1.807) is 0 Å². The van der Waals surface area contributed by atoms with Gasteiger partial charge in [-0.05, 0) is 37.6 Å². The van der Waals surface area contributed by atoms with Crippen molar-refractivity contribution in [3.05, 3.63) is 29.8 Å². The fourth-order valence-corrected chi connectivity index (χ4v) is 2.03. The highest BCUT2D eigenvalue weighted by Crippen LogP contribution is 2.21. The number of carbonyl (C=O) groups is 1. The van der Waals surface area contributed by atoms with E-state index in [2.05, 4.69) is 17.2 Å². The third kappa shape index (κ3) is 3.82. The molecule has 0 aliphatic carbocycles. The molecule has 1 aliphatic heterocycles. The molecule has 3 N–H and O–H groups in total. The lowest BCUT2D eigenvalue weighted by Gasteiger charge is -2.09. The van der Waals surface area contributed by atoms with Gasteiger partial charge < -0.3 is 15.8 Å². The van der Waals surface area contributed by atoms with Crippen LogP contribution in [0.3, 0.4) is 0 Å². The van der Waals surface area contributed by atoms with Gasteiger partial charge in [-0.2, -0.15) is 0 Å². The number of amides is 1. The lowest BCUT2D eigenvalue weighted by molar-refractivity contribution is -0.119. The van der Waals surface area contributed by atoms with E-state index in [-0.39, 0.29) is 17.9 Å². The highest BCUT2D eigenvalue weighted by atomic mass is 16.5. The van der Waals surface area contributed by atoms with Gasteiger partial charge in [0.15, 0.2) is 0 Å². The molecule has 1 saturated heterocycles. The van der Waals surface area contributed by atoms with Crippen molar-refractivity contribution < 1.29 is 9.53 Å². The lowest BCUT2D eigenvalue weighted by Crippen LogP contribution is -2.22. The number of ether oxygens (including phenoxy) is 1. The topological polar surface area (TPSA) is 64.4 Å². The van der Waals surface area contributed by atoms with Crippen LogP contribution in [0.25, 0.3) is 0 Å². The minimum Gasteiger partial charge on any atom is -0.378 e. The zero-order valence-corrected chi connectivity index (χ0v) is 11.0. The summed E-state index contributed by atoms with van der Waals surface area (Å²) < 4.78 is 5.40. The first-order valence-electron chi connectivity index (χ1n) is 6.40. The first-order chi connectivity index (χ1) is 9.19. The van der Waals surface area contributed by atoms with Crippen LogP contribution in [-0.2, 0) is 9.53 Å². The lowest BCUT2D eigenvalue weighted by atomic mass is 10.1. The molecule has 2 unspecified atom stereocenters. The van der Waals surface area contributed by atoms with E-state index in [9.17, 15) is 4.79 Å².